The van der Waals surface area contributed by atoms with Gasteiger partial charge in [0.1, 0.15) is 0 Å². The van der Waals surface area contributed by atoms with Gasteiger partial charge < -0.3 is 5.32 Å². The number of nitrogens with zero attached hydrogens (tertiary/aromatic N) is 2. The average Bonchev–Trinajstić information content (AvgIpc) is 2.45. The summed E-state index contributed by atoms with van der Waals surface area (Å²) in [5, 5.41) is 14.5. The minimum Gasteiger partial charge on any atom is -0.310 e. The standard InChI is InChI=1S/C8H11N3S/c1-7-11-8(6-12-7)5-10-4-2-3-9/h6,10H,2,4-5H2,1H3. The molecule has 4 heteroatoms. The maximum Gasteiger partial charge on any atom is 0.0897 e. The minimum atomic E-state index is 0.559. The van der Waals surface area contributed by atoms with Gasteiger partial charge in [0, 0.05) is 24.9 Å². The number of nitrogens with one attached hydrogen (secondary N) is 1. The Morgan fingerprint density at radius 3 is 3.17 bits per heavy atom. The molecule has 3 nitrogen and oxygen atoms in total. The van der Waals surface area contributed by atoms with Crippen LogP contribution in [0.5, 0.6) is 0 Å². The molecule has 0 aliphatic carbocycles. The molecule has 1 heterocycles. The number of aromatic nitrogens is 1. The summed E-state index contributed by atoms with van der Waals surface area (Å²) in [6.07, 6.45) is 0.559. The Hall–Kier alpha value is -0.920. The van der Waals surface area contributed by atoms with Crippen molar-refractivity contribution in [3.63, 3.8) is 0 Å². The first kappa shape index (κ1) is 9.17. The van der Waals surface area contributed by atoms with Crippen LogP contribution in [-0.4, -0.2) is 11.5 Å². The summed E-state index contributed by atoms with van der Waals surface area (Å²) < 4.78 is 0. The van der Waals surface area contributed by atoms with E-state index in [4.69, 9.17) is 5.26 Å². The van der Waals surface area contributed by atoms with E-state index in [0.29, 0.717) is 6.42 Å². The highest BCUT2D eigenvalue weighted by atomic mass is 32.1. The predicted octanol–water partition coefficient (Wildman–Crippen LogP) is 1.45. The van der Waals surface area contributed by atoms with E-state index in [9.17, 15) is 0 Å². The highest BCUT2D eigenvalue weighted by Gasteiger charge is 1.95. The van der Waals surface area contributed by atoms with Crippen LogP contribution in [0.1, 0.15) is 17.1 Å². The number of aryl methyl sites for hydroxylation is 1. The molecule has 0 unspecified atom stereocenters. The molecule has 0 aliphatic heterocycles. The minimum absolute atomic E-state index is 0.559. The second-order valence-corrected chi connectivity index (χ2v) is 3.50. The van der Waals surface area contributed by atoms with Crippen LogP contribution >= 0.6 is 11.3 Å². The molecule has 0 bridgehead atoms. The van der Waals surface area contributed by atoms with E-state index in [1.807, 2.05) is 12.3 Å². The van der Waals surface area contributed by atoms with Gasteiger partial charge in [-0.15, -0.1) is 11.3 Å². The van der Waals surface area contributed by atoms with Gasteiger partial charge in [0.15, 0.2) is 0 Å². The molecule has 1 rings (SSSR count). The summed E-state index contributed by atoms with van der Waals surface area (Å²) >= 11 is 1.65. The third kappa shape index (κ3) is 2.99. The van der Waals surface area contributed by atoms with Gasteiger partial charge in [-0.2, -0.15) is 5.26 Å². The van der Waals surface area contributed by atoms with Crippen molar-refractivity contribution >= 4 is 11.3 Å². The van der Waals surface area contributed by atoms with E-state index in [0.717, 1.165) is 23.8 Å². The van der Waals surface area contributed by atoms with Crippen LogP contribution < -0.4 is 5.32 Å². The van der Waals surface area contributed by atoms with Crippen LogP contribution in [0.2, 0.25) is 0 Å². The van der Waals surface area contributed by atoms with Crippen molar-refractivity contribution in [3.05, 3.63) is 16.1 Å². The highest BCUT2D eigenvalue weighted by molar-refractivity contribution is 7.09. The van der Waals surface area contributed by atoms with E-state index in [-0.39, 0.29) is 0 Å². The molecule has 1 aromatic heterocycles. The van der Waals surface area contributed by atoms with Crippen molar-refractivity contribution in [2.24, 2.45) is 0 Å². The fourth-order valence-corrected chi connectivity index (χ4v) is 1.46. The van der Waals surface area contributed by atoms with Gasteiger partial charge in [-0.05, 0) is 6.92 Å². The zero-order valence-corrected chi connectivity index (χ0v) is 7.82. The van der Waals surface area contributed by atoms with Crippen molar-refractivity contribution < 1.29 is 0 Å². The van der Waals surface area contributed by atoms with Crippen molar-refractivity contribution in [2.75, 3.05) is 6.54 Å². The molecule has 1 N–H and O–H groups in total. The Morgan fingerprint density at radius 1 is 1.75 bits per heavy atom. The quantitative estimate of drug-likeness (QED) is 0.715. The van der Waals surface area contributed by atoms with Crippen LogP contribution in [0, 0.1) is 18.3 Å². The second kappa shape index (κ2) is 4.86. The molecule has 0 aromatic carbocycles. The topological polar surface area (TPSA) is 48.7 Å². The van der Waals surface area contributed by atoms with E-state index < -0.39 is 0 Å². The molecule has 0 fully saturated rings. The maximum absolute atomic E-state index is 8.26. The van der Waals surface area contributed by atoms with E-state index in [2.05, 4.69) is 16.4 Å². The van der Waals surface area contributed by atoms with Crippen molar-refractivity contribution in [2.45, 2.75) is 19.9 Å². The maximum atomic E-state index is 8.26. The Morgan fingerprint density at radius 2 is 2.58 bits per heavy atom. The Kier molecular flexibility index (Phi) is 3.71. The van der Waals surface area contributed by atoms with E-state index in [1.165, 1.54) is 0 Å². The number of rotatable bonds is 4. The van der Waals surface area contributed by atoms with E-state index >= 15 is 0 Å². The van der Waals surface area contributed by atoms with Gasteiger partial charge in [-0.25, -0.2) is 4.98 Å². The number of nitriles is 1. The van der Waals surface area contributed by atoms with Crippen LogP contribution in [0.25, 0.3) is 0 Å². The van der Waals surface area contributed by atoms with Gasteiger partial charge in [0.25, 0.3) is 0 Å². The largest absolute Gasteiger partial charge is 0.310 e. The molecular weight excluding hydrogens is 170 g/mol. The molecule has 0 radical (unpaired) electrons. The molecule has 64 valence electrons. The van der Waals surface area contributed by atoms with Crippen LogP contribution in [0.15, 0.2) is 5.38 Å². The monoisotopic (exact) mass is 181 g/mol. The molecule has 0 atom stereocenters. The van der Waals surface area contributed by atoms with Crippen molar-refractivity contribution in [1.82, 2.24) is 10.3 Å². The first-order valence-electron chi connectivity index (χ1n) is 3.81. The first-order valence-corrected chi connectivity index (χ1v) is 4.69. The Balaban J connectivity index is 2.21. The summed E-state index contributed by atoms with van der Waals surface area (Å²) in [6.45, 7) is 3.50. The number of hydrogen-bond donors (Lipinski definition) is 1. The summed E-state index contributed by atoms with van der Waals surface area (Å²) in [7, 11) is 0. The zero-order chi connectivity index (χ0) is 8.81. The van der Waals surface area contributed by atoms with Crippen molar-refractivity contribution in [1.29, 1.82) is 5.26 Å². The molecule has 0 saturated carbocycles. The number of hydrogen-bond acceptors (Lipinski definition) is 4. The lowest BCUT2D eigenvalue weighted by Crippen LogP contribution is -2.14. The summed E-state index contributed by atoms with van der Waals surface area (Å²) in [5.41, 5.74) is 1.07. The van der Waals surface area contributed by atoms with Crippen molar-refractivity contribution in [3.8, 4) is 6.07 Å². The van der Waals surface area contributed by atoms with E-state index in [1.54, 1.807) is 11.3 Å². The average molecular weight is 181 g/mol. The molecule has 1 aromatic rings. The van der Waals surface area contributed by atoms with Crippen LogP contribution in [0.3, 0.4) is 0 Å². The Labute approximate surface area is 76.1 Å². The van der Waals surface area contributed by atoms with Crippen LogP contribution in [-0.2, 0) is 6.54 Å². The molecule has 0 amide bonds. The SMILES string of the molecule is Cc1nc(CNCCC#N)cs1. The molecular formula is C8H11N3S. The smallest absolute Gasteiger partial charge is 0.0897 e. The normalized spacial score (nSPS) is 9.67. The first-order chi connectivity index (χ1) is 5.83. The summed E-state index contributed by atoms with van der Waals surface area (Å²) in [5.74, 6) is 0. The van der Waals surface area contributed by atoms with Gasteiger partial charge >= 0.3 is 0 Å². The molecule has 0 spiro atoms. The van der Waals surface area contributed by atoms with Gasteiger partial charge in [0.2, 0.25) is 0 Å². The second-order valence-electron chi connectivity index (χ2n) is 2.44. The summed E-state index contributed by atoms with van der Waals surface area (Å²) in [4.78, 5) is 4.28. The van der Waals surface area contributed by atoms with Gasteiger partial charge in [-0.1, -0.05) is 0 Å². The fourth-order valence-electron chi connectivity index (χ4n) is 0.850. The lowest BCUT2D eigenvalue weighted by atomic mass is 10.4. The number of thiazole rings is 1. The van der Waals surface area contributed by atoms with Gasteiger partial charge in [0.05, 0.1) is 16.8 Å². The molecule has 0 aliphatic rings. The molecule has 12 heavy (non-hydrogen) atoms. The fraction of sp³-hybridized carbons (Fsp3) is 0.500. The predicted molar refractivity (Wildman–Crippen MR) is 48.8 cm³/mol. The third-order valence-electron chi connectivity index (χ3n) is 1.39. The lowest BCUT2D eigenvalue weighted by molar-refractivity contribution is 0.687. The Bertz CT molecular complexity index is 274. The lowest BCUT2D eigenvalue weighted by Gasteiger charge is -1.96. The van der Waals surface area contributed by atoms with Gasteiger partial charge in [-0.3, -0.25) is 0 Å². The van der Waals surface area contributed by atoms with Crippen LogP contribution in [0.4, 0.5) is 0 Å². The summed E-state index contributed by atoms with van der Waals surface area (Å²) in [6, 6.07) is 2.08. The highest BCUT2D eigenvalue weighted by Crippen LogP contribution is 2.06. The third-order valence-corrected chi connectivity index (χ3v) is 2.21. The molecule has 0 saturated heterocycles. The zero-order valence-electron chi connectivity index (χ0n) is 7.00.